The fourth-order valence-corrected chi connectivity index (χ4v) is 1.62. The first-order chi connectivity index (χ1) is 11.1. The summed E-state index contributed by atoms with van der Waals surface area (Å²) < 4.78 is 25.4. The molecular weight excluding hydrogens is 300 g/mol. The molecule has 0 atom stereocenters. The molecule has 7 heteroatoms. The van der Waals surface area contributed by atoms with E-state index in [2.05, 4.69) is 15.3 Å². The van der Waals surface area contributed by atoms with Gasteiger partial charge in [0.1, 0.15) is 17.5 Å². The SMILES string of the molecule is Nc1ccccc1F.Nc1nccc(Nc2ccccc2F)n1. The minimum absolute atomic E-state index is 0.149. The number of nitrogens with one attached hydrogen (secondary N) is 1. The molecule has 0 spiro atoms. The van der Waals surface area contributed by atoms with Crippen LogP contribution in [0.1, 0.15) is 0 Å². The number of nitrogen functional groups attached to an aromatic ring is 2. The van der Waals surface area contributed by atoms with Gasteiger partial charge in [-0.05, 0) is 30.3 Å². The van der Waals surface area contributed by atoms with Crippen LogP contribution in [0.2, 0.25) is 0 Å². The molecule has 23 heavy (non-hydrogen) atoms. The molecule has 0 unspecified atom stereocenters. The van der Waals surface area contributed by atoms with Crippen molar-refractivity contribution >= 4 is 23.1 Å². The molecule has 0 aliphatic carbocycles. The fourth-order valence-electron chi connectivity index (χ4n) is 1.62. The van der Waals surface area contributed by atoms with E-state index in [-0.39, 0.29) is 23.3 Å². The Hall–Kier alpha value is -3.22. The lowest BCUT2D eigenvalue weighted by molar-refractivity contribution is 0.631. The molecule has 1 aromatic heterocycles. The molecule has 3 aromatic rings. The molecule has 0 bridgehead atoms. The minimum Gasteiger partial charge on any atom is -0.396 e. The zero-order chi connectivity index (χ0) is 16.7. The Morgan fingerprint density at radius 3 is 2.04 bits per heavy atom. The second-order valence-corrected chi connectivity index (χ2v) is 4.43. The van der Waals surface area contributed by atoms with Crippen LogP contribution in [0.3, 0.4) is 0 Å². The first-order valence-electron chi connectivity index (χ1n) is 6.66. The molecule has 5 nitrogen and oxygen atoms in total. The van der Waals surface area contributed by atoms with Crippen LogP contribution in [-0.2, 0) is 0 Å². The van der Waals surface area contributed by atoms with Gasteiger partial charge in [-0.2, -0.15) is 4.98 Å². The molecule has 0 saturated carbocycles. The first kappa shape index (κ1) is 16.2. The largest absolute Gasteiger partial charge is 0.396 e. The standard InChI is InChI=1S/C10H9FN4.C6H6FN/c11-7-3-1-2-4-8(7)14-9-5-6-13-10(12)15-9;7-5-3-1-2-4-6(5)8/h1-6H,(H3,12,13,14,15);1-4H,8H2. The molecule has 1 heterocycles. The van der Waals surface area contributed by atoms with Gasteiger partial charge in [0, 0.05) is 6.20 Å². The summed E-state index contributed by atoms with van der Waals surface area (Å²) in [5.41, 5.74) is 11.1. The van der Waals surface area contributed by atoms with Gasteiger partial charge >= 0.3 is 0 Å². The quantitative estimate of drug-likeness (QED) is 0.631. The van der Waals surface area contributed by atoms with Gasteiger partial charge in [-0.1, -0.05) is 24.3 Å². The molecule has 0 amide bonds. The van der Waals surface area contributed by atoms with Crippen molar-refractivity contribution in [1.82, 2.24) is 9.97 Å². The zero-order valence-corrected chi connectivity index (χ0v) is 12.1. The zero-order valence-electron chi connectivity index (χ0n) is 12.1. The van der Waals surface area contributed by atoms with Crippen molar-refractivity contribution in [1.29, 1.82) is 0 Å². The molecule has 0 radical (unpaired) electrons. The van der Waals surface area contributed by atoms with E-state index in [0.29, 0.717) is 11.5 Å². The average molecular weight is 315 g/mol. The second kappa shape index (κ2) is 7.69. The van der Waals surface area contributed by atoms with Crippen LogP contribution in [0.25, 0.3) is 0 Å². The van der Waals surface area contributed by atoms with Crippen LogP contribution in [0, 0.1) is 11.6 Å². The van der Waals surface area contributed by atoms with Gasteiger partial charge < -0.3 is 16.8 Å². The normalized spacial score (nSPS) is 9.65. The molecule has 3 rings (SSSR count). The molecule has 0 aliphatic rings. The Morgan fingerprint density at radius 2 is 1.48 bits per heavy atom. The third-order valence-corrected chi connectivity index (χ3v) is 2.72. The lowest BCUT2D eigenvalue weighted by atomic mass is 10.3. The van der Waals surface area contributed by atoms with Crippen LogP contribution < -0.4 is 16.8 Å². The van der Waals surface area contributed by atoms with Crippen molar-refractivity contribution in [2.45, 2.75) is 0 Å². The lowest BCUT2D eigenvalue weighted by Crippen LogP contribution is -2.00. The molecule has 0 fully saturated rings. The maximum atomic E-state index is 13.2. The maximum Gasteiger partial charge on any atom is 0.221 e. The van der Waals surface area contributed by atoms with Crippen molar-refractivity contribution in [3.05, 3.63) is 72.4 Å². The number of aromatic nitrogens is 2. The van der Waals surface area contributed by atoms with E-state index in [1.54, 1.807) is 36.4 Å². The Kier molecular flexibility index (Phi) is 5.40. The smallest absolute Gasteiger partial charge is 0.221 e. The topological polar surface area (TPSA) is 89.9 Å². The number of para-hydroxylation sites is 2. The van der Waals surface area contributed by atoms with Crippen molar-refractivity contribution in [2.24, 2.45) is 0 Å². The van der Waals surface area contributed by atoms with Gasteiger partial charge in [0.15, 0.2) is 0 Å². The van der Waals surface area contributed by atoms with Gasteiger partial charge in [0.25, 0.3) is 0 Å². The van der Waals surface area contributed by atoms with Crippen molar-refractivity contribution in [3.8, 4) is 0 Å². The monoisotopic (exact) mass is 315 g/mol. The highest BCUT2D eigenvalue weighted by Gasteiger charge is 2.01. The third kappa shape index (κ3) is 4.92. The van der Waals surface area contributed by atoms with Gasteiger partial charge in [0.2, 0.25) is 5.95 Å². The van der Waals surface area contributed by atoms with Gasteiger partial charge in [-0.25, -0.2) is 13.8 Å². The summed E-state index contributed by atoms with van der Waals surface area (Å²) in [4.78, 5) is 7.64. The third-order valence-electron chi connectivity index (χ3n) is 2.72. The number of hydrogen-bond acceptors (Lipinski definition) is 5. The molecule has 5 N–H and O–H groups in total. The molecule has 0 saturated heterocycles. The van der Waals surface area contributed by atoms with Gasteiger partial charge in [-0.3, -0.25) is 0 Å². The Balaban J connectivity index is 0.000000203. The summed E-state index contributed by atoms with van der Waals surface area (Å²) in [5.74, 6) is -0.0777. The number of halogens is 2. The van der Waals surface area contributed by atoms with E-state index in [1.807, 2.05) is 0 Å². The second-order valence-electron chi connectivity index (χ2n) is 4.43. The van der Waals surface area contributed by atoms with E-state index >= 15 is 0 Å². The van der Waals surface area contributed by atoms with Crippen molar-refractivity contribution in [3.63, 3.8) is 0 Å². The first-order valence-corrected chi connectivity index (χ1v) is 6.66. The van der Waals surface area contributed by atoms with E-state index in [9.17, 15) is 8.78 Å². The van der Waals surface area contributed by atoms with Crippen LogP contribution in [0.15, 0.2) is 60.8 Å². The highest BCUT2D eigenvalue weighted by atomic mass is 19.1. The highest BCUT2D eigenvalue weighted by Crippen LogP contribution is 2.17. The predicted molar refractivity (Wildman–Crippen MR) is 86.9 cm³/mol. The number of anilines is 4. The van der Waals surface area contributed by atoms with Crippen LogP contribution in [-0.4, -0.2) is 9.97 Å². The van der Waals surface area contributed by atoms with Crippen LogP contribution in [0.4, 0.5) is 31.9 Å². The number of hydrogen-bond donors (Lipinski definition) is 3. The number of nitrogens with two attached hydrogens (primary N) is 2. The summed E-state index contributed by atoms with van der Waals surface area (Å²) in [7, 11) is 0. The van der Waals surface area contributed by atoms with E-state index in [1.165, 1.54) is 24.4 Å². The molecule has 118 valence electrons. The minimum atomic E-state index is -0.354. The lowest BCUT2D eigenvalue weighted by Gasteiger charge is -2.05. The van der Waals surface area contributed by atoms with Gasteiger partial charge in [0.05, 0.1) is 11.4 Å². The van der Waals surface area contributed by atoms with Crippen molar-refractivity contribution < 1.29 is 8.78 Å². The van der Waals surface area contributed by atoms with Gasteiger partial charge in [-0.15, -0.1) is 0 Å². The predicted octanol–water partition coefficient (Wildman–Crippen LogP) is 3.35. The molecule has 0 aliphatic heterocycles. The Morgan fingerprint density at radius 1 is 0.826 bits per heavy atom. The van der Waals surface area contributed by atoms with E-state index in [0.717, 1.165) is 0 Å². The summed E-state index contributed by atoms with van der Waals surface area (Å²) in [6.45, 7) is 0. The van der Waals surface area contributed by atoms with Crippen LogP contribution in [0.5, 0.6) is 0 Å². The summed E-state index contributed by atoms with van der Waals surface area (Å²) in [6, 6.07) is 14.1. The van der Waals surface area contributed by atoms with E-state index in [4.69, 9.17) is 11.5 Å². The fraction of sp³-hybridized carbons (Fsp3) is 0. The Bertz CT molecular complexity index is 759. The number of rotatable bonds is 2. The summed E-state index contributed by atoms with van der Waals surface area (Å²) in [5, 5.41) is 2.81. The maximum absolute atomic E-state index is 13.2. The molecule has 2 aromatic carbocycles. The van der Waals surface area contributed by atoms with Crippen molar-refractivity contribution in [2.75, 3.05) is 16.8 Å². The summed E-state index contributed by atoms with van der Waals surface area (Å²) >= 11 is 0. The van der Waals surface area contributed by atoms with E-state index < -0.39 is 0 Å². The Labute approximate surface area is 132 Å². The highest BCUT2D eigenvalue weighted by molar-refractivity contribution is 5.56. The average Bonchev–Trinajstić information content (AvgIpc) is 2.53. The molecular formula is C16H15F2N5. The van der Waals surface area contributed by atoms with Crippen LogP contribution >= 0.6 is 0 Å². The number of benzene rings is 2. The number of nitrogens with zero attached hydrogens (tertiary/aromatic N) is 2. The summed E-state index contributed by atoms with van der Waals surface area (Å²) in [6.07, 6.45) is 1.51.